The van der Waals surface area contributed by atoms with Gasteiger partial charge in [-0.25, -0.2) is 4.79 Å². The summed E-state index contributed by atoms with van der Waals surface area (Å²) in [6, 6.07) is 24.8. The third-order valence-electron chi connectivity index (χ3n) is 6.73. The Morgan fingerprint density at radius 1 is 1.03 bits per heavy atom. The molecule has 1 aliphatic heterocycles. The van der Waals surface area contributed by atoms with E-state index in [4.69, 9.17) is 14.2 Å². The molecule has 7 heteroatoms. The lowest BCUT2D eigenvalue weighted by atomic mass is 9.95. The maximum absolute atomic E-state index is 11.8. The first-order valence-electron chi connectivity index (χ1n) is 12.7. The van der Waals surface area contributed by atoms with Crippen LogP contribution in [0.5, 0.6) is 17.2 Å². The first-order valence-corrected chi connectivity index (χ1v) is 12.7. The zero-order valence-corrected chi connectivity index (χ0v) is 21.2. The van der Waals surface area contributed by atoms with Gasteiger partial charge in [-0.15, -0.1) is 0 Å². The van der Waals surface area contributed by atoms with Crippen LogP contribution in [-0.4, -0.2) is 55.2 Å². The number of esters is 1. The minimum absolute atomic E-state index is 0.0179. The average molecular weight is 514 g/mol. The van der Waals surface area contributed by atoms with Gasteiger partial charge in [-0.1, -0.05) is 36.4 Å². The Hall–Kier alpha value is -4.07. The number of benzene rings is 4. The van der Waals surface area contributed by atoms with E-state index in [-0.39, 0.29) is 24.4 Å². The van der Waals surface area contributed by atoms with E-state index in [1.807, 2.05) is 24.3 Å². The van der Waals surface area contributed by atoms with Crippen molar-refractivity contribution in [2.75, 3.05) is 26.8 Å². The van der Waals surface area contributed by atoms with Crippen LogP contribution in [0.2, 0.25) is 0 Å². The van der Waals surface area contributed by atoms with Crippen LogP contribution in [0.25, 0.3) is 21.9 Å². The lowest BCUT2D eigenvalue weighted by molar-refractivity contribution is 0.0601. The van der Waals surface area contributed by atoms with Gasteiger partial charge in [-0.05, 0) is 82.8 Å². The molecule has 0 saturated carbocycles. The molecule has 196 valence electrons. The highest BCUT2D eigenvalue weighted by Crippen LogP contribution is 2.33. The Bertz CT molecular complexity index is 1440. The molecule has 5 rings (SSSR count). The standard InChI is InChI=1S/C31H31NO6/c1-36-31(35)25-9-8-21-14-20(6-7-22(21)16-25)23-11-13-29-24(15-23)10-12-27(38-29)18-32-17-26(33)19-37-30-5-3-2-4-28(30)34/h2-9,11,13-16,26-27,32-34H,10,12,17-19H2,1H3/t26-,27+/m0/s1. The van der Waals surface area contributed by atoms with E-state index in [0.717, 1.165) is 40.5 Å². The fourth-order valence-corrected chi connectivity index (χ4v) is 4.67. The topological polar surface area (TPSA) is 97.3 Å². The lowest BCUT2D eigenvalue weighted by Crippen LogP contribution is -2.39. The summed E-state index contributed by atoms with van der Waals surface area (Å²) in [4.78, 5) is 11.8. The second kappa shape index (κ2) is 11.5. The number of aliphatic hydroxyl groups excluding tert-OH is 1. The minimum Gasteiger partial charge on any atom is -0.504 e. The summed E-state index contributed by atoms with van der Waals surface area (Å²) >= 11 is 0. The number of methoxy groups -OCH3 is 1. The molecule has 0 aliphatic carbocycles. The summed E-state index contributed by atoms with van der Waals surface area (Å²) in [5, 5.41) is 25.3. The number of phenolic OH excluding ortho intramolecular Hbond substituents is 1. The molecule has 7 nitrogen and oxygen atoms in total. The molecule has 4 aromatic carbocycles. The molecule has 4 aromatic rings. The molecule has 0 unspecified atom stereocenters. The highest BCUT2D eigenvalue weighted by Gasteiger charge is 2.20. The fourth-order valence-electron chi connectivity index (χ4n) is 4.67. The number of aromatic hydroxyl groups is 1. The van der Waals surface area contributed by atoms with Crippen LogP contribution in [0.1, 0.15) is 22.3 Å². The molecular formula is C31H31NO6. The molecular weight excluding hydrogens is 482 g/mol. The normalized spacial score (nSPS) is 15.4. The van der Waals surface area contributed by atoms with E-state index >= 15 is 0 Å². The second-order valence-electron chi connectivity index (χ2n) is 9.46. The molecule has 3 N–H and O–H groups in total. The Kier molecular flexibility index (Phi) is 7.77. The number of ether oxygens (including phenoxy) is 3. The zero-order chi connectivity index (χ0) is 26.5. The van der Waals surface area contributed by atoms with Crippen molar-refractivity contribution < 1.29 is 29.2 Å². The SMILES string of the molecule is COC(=O)c1ccc2cc(-c3ccc4c(c3)CC[C@H](CNC[C@H](O)COc3ccccc3O)O4)ccc2c1. The number of hydrogen-bond acceptors (Lipinski definition) is 7. The number of carbonyl (C=O) groups excluding carboxylic acids is 1. The van der Waals surface area contributed by atoms with Crippen molar-refractivity contribution in [1.82, 2.24) is 5.32 Å². The summed E-state index contributed by atoms with van der Waals surface area (Å²) in [7, 11) is 1.38. The number of nitrogens with one attached hydrogen (secondary N) is 1. The van der Waals surface area contributed by atoms with Crippen molar-refractivity contribution >= 4 is 16.7 Å². The third kappa shape index (κ3) is 5.90. The molecule has 0 radical (unpaired) electrons. The summed E-state index contributed by atoms with van der Waals surface area (Å²) in [5.41, 5.74) is 3.94. The Balaban J connectivity index is 1.15. The number of hydrogen-bond donors (Lipinski definition) is 3. The number of rotatable bonds is 9. The van der Waals surface area contributed by atoms with Crippen LogP contribution in [0, 0.1) is 0 Å². The highest BCUT2D eigenvalue weighted by molar-refractivity contribution is 5.96. The summed E-state index contributed by atoms with van der Waals surface area (Å²) in [5.74, 6) is 0.960. The quantitative estimate of drug-likeness (QED) is 0.279. The first kappa shape index (κ1) is 25.6. The van der Waals surface area contributed by atoms with E-state index in [0.29, 0.717) is 24.4 Å². The van der Waals surface area contributed by atoms with Crippen molar-refractivity contribution in [1.29, 1.82) is 0 Å². The largest absolute Gasteiger partial charge is 0.504 e. The molecule has 0 bridgehead atoms. The third-order valence-corrected chi connectivity index (χ3v) is 6.73. The Labute approximate surface area is 221 Å². The number of aliphatic hydroxyl groups is 1. The monoisotopic (exact) mass is 513 g/mol. The van der Waals surface area contributed by atoms with Gasteiger partial charge in [0.25, 0.3) is 0 Å². The predicted octanol–water partition coefficient (Wildman–Crippen LogP) is 4.72. The second-order valence-corrected chi connectivity index (χ2v) is 9.46. The molecule has 0 aromatic heterocycles. The van der Waals surface area contributed by atoms with E-state index in [2.05, 4.69) is 29.6 Å². The van der Waals surface area contributed by atoms with E-state index in [9.17, 15) is 15.0 Å². The van der Waals surface area contributed by atoms with Crippen LogP contribution in [-0.2, 0) is 11.2 Å². The van der Waals surface area contributed by atoms with Crippen LogP contribution < -0.4 is 14.8 Å². The number of phenols is 1. The van der Waals surface area contributed by atoms with Crippen LogP contribution in [0.15, 0.2) is 78.9 Å². The van der Waals surface area contributed by atoms with Gasteiger partial charge in [0.05, 0.1) is 12.7 Å². The average Bonchev–Trinajstić information content (AvgIpc) is 2.95. The highest BCUT2D eigenvalue weighted by atomic mass is 16.5. The van der Waals surface area contributed by atoms with E-state index in [1.54, 1.807) is 30.3 Å². The number of para-hydroxylation sites is 2. The zero-order valence-electron chi connectivity index (χ0n) is 21.2. The molecule has 0 amide bonds. The molecule has 1 aliphatic rings. The van der Waals surface area contributed by atoms with Crippen LogP contribution in [0.3, 0.4) is 0 Å². The van der Waals surface area contributed by atoms with Gasteiger partial charge in [0.1, 0.15) is 24.6 Å². The van der Waals surface area contributed by atoms with Crippen molar-refractivity contribution in [3.05, 3.63) is 90.0 Å². The fraction of sp³-hybridized carbons (Fsp3) is 0.258. The number of aryl methyl sites for hydroxylation is 1. The van der Waals surface area contributed by atoms with Gasteiger partial charge in [0, 0.05) is 13.1 Å². The molecule has 0 saturated heterocycles. The van der Waals surface area contributed by atoms with E-state index in [1.165, 1.54) is 12.7 Å². The molecule has 0 spiro atoms. The molecule has 2 atom stereocenters. The van der Waals surface area contributed by atoms with Crippen molar-refractivity contribution in [2.24, 2.45) is 0 Å². The van der Waals surface area contributed by atoms with Crippen molar-refractivity contribution in [2.45, 2.75) is 25.0 Å². The summed E-state index contributed by atoms with van der Waals surface area (Å²) < 4.78 is 16.5. The molecule has 38 heavy (non-hydrogen) atoms. The van der Waals surface area contributed by atoms with Crippen LogP contribution in [0.4, 0.5) is 0 Å². The van der Waals surface area contributed by atoms with Gasteiger partial charge in [0.2, 0.25) is 0 Å². The van der Waals surface area contributed by atoms with Crippen molar-refractivity contribution in [3.8, 4) is 28.4 Å². The molecule has 1 heterocycles. The summed E-state index contributed by atoms with van der Waals surface area (Å²) in [6.45, 7) is 1.07. The van der Waals surface area contributed by atoms with E-state index < -0.39 is 6.10 Å². The number of fused-ring (bicyclic) bond motifs is 2. The smallest absolute Gasteiger partial charge is 0.337 e. The number of carbonyl (C=O) groups is 1. The summed E-state index contributed by atoms with van der Waals surface area (Å²) in [6.07, 6.45) is 1.10. The maximum atomic E-state index is 11.8. The van der Waals surface area contributed by atoms with Gasteiger partial charge >= 0.3 is 5.97 Å². The van der Waals surface area contributed by atoms with Gasteiger partial charge in [-0.2, -0.15) is 0 Å². The van der Waals surface area contributed by atoms with Gasteiger partial charge in [0.15, 0.2) is 11.5 Å². The Morgan fingerprint density at radius 3 is 2.63 bits per heavy atom. The Morgan fingerprint density at radius 2 is 1.79 bits per heavy atom. The molecule has 0 fully saturated rings. The lowest BCUT2D eigenvalue weighted by Gasteiger charge is -2.27. The van der Waals surface area contributed by atoms with Crippen LogP contribution >= 0.6 is 0 Å². The maximum Gasteiger partial charge on any atom is 0.337 e. The van der Waals surface area contributed by atoms with Gasteiger partial charge in [-0.3, -0.25) is 0 Å². The minimum atomic E-state index is -0.706. The predicted molar refractivity (Wildman–Crippen MR) is 146 cm³/mol. The van der Waals surface area contributed by atoms with Gasteiger partial charge < -0.3 is 29.7 Å². The first-order chi connectivity index (χ1) is 18.5. The van der Waals surface area contributed by atoms with Crippen molar-refractivity contribution in [3.63, 3.8) is 0 Å².